The number of benzene rings is 1. The lowest BCUT2D eigenvalue weighted by molar-refractivity contribution is 0.112. The Morgan fingerprint density at radius 1 is 1.20 bits per heavy atom. The van der Waals surface area contributed by atoms with Crippen molar-refractivity contribution in [3.05, 3.63) is 23.8 Å². The van der Waals surface area contributed by atoms with Crippen LogP contribution in [0.5, 0.6) is 0 Å². The number of nitrogens with one attached hydrogen (secondary N) is 2. The van der Waals surface area contributed by atoms with Crippen molar-refractivity contribution in [2.45, 2.75) is 0 Å². The average molecular weight is 134 g/mol. The first-order chi connectivity index (χ1) is 4.90. The van der Waals surface area contributed by atoms with Crippen LogP contribution in [0.1, 0.15) is 10.4 Å². The van der Waals surface area contributed by atoms with Crippen molar-refractivity contribution in [1.82, 2.24) is 10.2 Å². The van der Waals surface area contributed by atoms with E-state index in [4.69, 9.17) is 0 Å². The number of hydrogen-bond acceptors (Lipinski definition) is 1. The van der Waals surface area contributed by atoms with E-state index >= 15 is 0 Å². The Kier molecular flexibility index (Phi) is 0.917. The fourth-order valence-corrected chi connectivity index (χ4v) is 0.920. The number of rotatable bonds is 1. The molecule has 0 aliphatic carbocycles. The van der Waals surface area contributed by atoms with Crippen molar-refractivity contribution in [1.29, 1.82) is 0 Å². The lowest BCUT2D eigenvalue weighted by Crippen LogP contribution is -1.91. The number of hydrogen-bond donors (Lipinski definition) is 2. The van der Waals surface area contributed by atoms with Crippen LogP contribution in [0.3, 0.4) is 0 Å². The third-order valence-corrected chi connectivity index (χ3v) is 1.51. The molecule has 0 aliphatic rings. The number of carbonyl (C=O) groups excluding carboxylic acids is 1. The number of H-pyrrole nitrogens is 2. The zero-order valence-corrected chi connectivity index (χ0v) is 5.22. The second-order valence-electron chi connectivity index (χ2n) is 2.17. The highest BCUT2D eigenvalue weighted by atomic mass is 16.1. The van der Waals surface area contributed by atoms with Gasteiger partial charge >= 0.3 is 0 Å². The van der Waals surface area contributed by atoms with Gasteiger partial charge in [-0.15, -0.1) is 0 Å². The van der Waals surface area contributed by atoms with Crippen molar-refractivity contribution in [2.24, 2.45) is 0 Å². The molecule has 1 aromatic carbocycles. The molecule has 0 fully saturated rings. The third-order valence-electron chi connectivity index (χ3n) is 1.51. The van der Waals surface area contributed by atoms with Crippen molar-refractivity contribution < 1.29 is 4.79 Å². The van der Waals surface area contributed by atoms with Gasteiger partial charge in [-0.25, -0.2) is 0 Å². The SMILES string of the molecule is O=Cc1ccc2[nH][nH]c2c1. The van der Waals surface area contributed by atoms with Gasteiger partial charge in [0.05, 0.1) is 11.0 Å². The predicted molar refractivity (Wildman–Crippen MR) is 38.0 cm³/mol. The van der Waals surface area contributed by atoms with Gasteiger partial charge in [-0.1, -0.05) is 0 Å². The summed E-state index contributed by atoms with van der Waals surface area (Å²) in [6, 6.07) is 5.45. The molecular formula is C7H6N2O. The second kappa shape index (κ2) is 1.73. The normalized spacial score (nSPS) is 10.4. The maximum atomic E-state index is 10.2. The Labute approximate surface area is 57.0 Å². The van der Waals surface area contributed by atoms with E-state index in [9.17, 15) is 4.79 Å². The van der Waals surface area contributed by atoms with Crippen molar-refractivity contribution in [3.8, 4) is 0 Å². The number of aromatic nitrogens is 2. The number of carbonyl (C=O) groups is 1. The minimum Gasteiger partial charge on any atom is -0.299 e. The molecule has 0 radical (unpaired) electrons. The highest BCUT2D eigenvalue weighted by Crippen LogP contribution is 2.10. The minimum atomic E-state index is 0.702. The van der Waals surface area contributed by atoms with Crippen LogP contribution in [0.25, 0.3) is 11.0 Å². The smallest absolute Gasteiger partial charge is 0.150 e. The second-order valence-corrected chi connectivity index (χ2v) is 2.17. The number of fused-ring (bicyclic) bond motifs is 1. The van der Waals surface area contributed by atoms with Gasteiger partial charge in [0.15, 0.2) is 0 Å². The summed E-state index contributed by atoms with van der Waals surface area (Å²) in [6.07, 6.45) is 0.834. The fraction of sp³-hybridized carbons (Fsp3) is 0. The maximum Gasteiger partial charge on any atom is 0.150 e. The van der Waals surface area contributed by atoms with E-state index in [1.54, 1.807) is 12.1 Å². The summed E-state index contributed by atoms with van der Waals surface area (Å²) in [7, 11) is 0. The molecule has 1 heterocycles. The monoisotopic (exact) mass is 134 g/mol. The molecule has 0 saturated heterocycles. The summed E-state index contributed by atoms with van der Waals surface area (Å²) in [5.41, 5.74) is 2.74. The summed E-state index contributed by atoms with van der Waals surface area (Å²) in [4.78, 5) is 10.2. The summed E-state index contributed by atoms with van der Waals surface area (Å²) < 4.78 is 0. The van der Waals surface area contributed by atoms with Gasteiger partial charge in [0.25, 0.3) is 0 Å². The van der Waals surface area contributed by atoms with Crippen LogP contribution in [0.15, 0.2) is 18.2 Å². The van der Waals surface area contributed by atoms with Gasteiger partial charge in [-0.3, -0.25) is 15.0 Å². The molecule has 2 rings (SSSR count). The fourth-order valence-electron chi connectivity index (χ4n) is 0.920. The summed E-state index contributed by atoms with van der Waals surface area (Å²) in [5.74, 6) is 0. The van der Waals surface area contributed by atoms with Gasteiger partial charge in [0.1, 0.15) is 6.29 Å². The molecule has 0 unspecified atom stereocenters. The van der Waals surface area contributed by atoms with Crippen LogP contribution >= 0.6 is 0 Å². The third kappa shape index (κ3) is 0.572. The van der Waals surface area contributed by atoms with E-state index in [1.165, 1.54) is 0 Å². The first kappa shape index (κ1) is 5.29. The zero-order chi connectivity index (χ0) is 6.97. The largest absolute Gasteiger partial charge is 0.299 e. The molecule has 50 valence electrons. The van der Waals surface area contributed by atoms with E-state index in [0.29, 0.717) is 5.56 Å². The lowest BCUT2D eigenvalue weighted by atomic mass is 10.2. The van der Waals surface area contributed by atoms with Gasteiger partial charge < -0.3 is 0 Å². The van der Waals surface area contributed by atoms with Gasteiger partial charge in [-0.2, -0.15) is 0 Å². The zero-order valence-electron chi connectivity index (χ0n) is 5.22. The molecule has 0 spiro atoms. The van der Waals surface area contributed by atoms with Crippen LogP contribution in [0.4, 0.5) is 0 Å². The molecule has 0 bridgehead atoms. The molecule has 0 aliphatic heterocycles. The van der Waals surface area contributed by atoms with Crippen molar-refractivity contribution >= 4 is 17.3 Å². The Morgan fingerprint density at radius 2 is 2.00 bits per heavy atom. The highest BCUT2D eigenvalue weighted by molar-refractivity contribution is 5.85. The van der Waals surface area contributed by atoms with Crippen LogP contribution in [-0.4, -0.2) is 16.5 Å². The maximum absolute atomic E-state index is 10.2. The van der Waals surface area contributed by atoms with E-state index in [2.05, 4.69) is 10.2 Å². The molecule has 10 heavy (non-hydrogen) atoms. The van der Waals surface area contributed by atoms with E-state index in [0.717, 1.165) is 17.3 Å². The molecule has 3 nitrogen and oxygen atoms in total. The van der Waals surface area contributed by atoms with Gasteiger partial charge in [0.2, 0.25) is 0 Å². The van der Waals surface area contributed by atoms with Crippen LogP contribution in [0, 0.1) is 0 Å². The molecule has 0 atom stereocenters. The average Bonchev–Trinajstić information content (AvgIpc) is 1.92. The molecular weight excluding hydrogens is 128 g/mol. The quantitative estimate of drug-likeness (QED) is 0.567. The molecule has 2 N–H and O–H groups in total. The number of aromatic amines is 2. The Balaban J connectivity index is 2.67. The van der Waals surface area contributed by atoms with Crippen molar-refractivity contribution in [2.75, 3.05) is 0 Å². The van der Waals surface area contributed by atoms with Crippen LogP contribution in [-0.2, 0) is 0 Å². The standard InChI is InChI=1S/C7H6N2O/c10-4-5-1-2-6-7(3-5)9-8-6/h1-4,8-9H. The molecule has 2 aromatic rings. The molecule has 3 heteroatoms. The van der Waals surface area contributed by atoms with Crippen LogP contribution < -0.4 is 0 Å². The Morgan fingerprint density at radius 3 is 2.50 bits per heavy atom. The first-order valence-corrected chi connectivity index (χ1v) is 3.01. The Hall–Kier alpha value is -1.51. The predicted octanol–water partition coefficient (Wildman–Crippen LogP) is 1.31. The summed E-state index contributed by atoms with van der Waals surface area (Å²) >= 11 is 0. The highest BCUT2D eigenvalue weighted by Gasteiger charge is 1.96. The lowest BCUT2D eigenvalue weighted by Gasteiger charge is -2.01. The van der Waals surface area contributed by atoms with Crippen molar-refractivity contribution in [3.63, 3.8) is 0 Å². The van der Waals surface area contributed by atoms with Gasteiger partial charge in [-0.05, 0) is 18.2 Å². The Bertz CT molecular complexity index is 358. The number of aldehydes is 1. The van der Waals surface area contributed by atoms with Crippen LogP contribution in [0.2, 0.25) is 0 Å². The minimum absolute atomic E-state index is 0.702. The van der Waals surface area contributed by atoms with E-state index in [1.807, 2.05) is 6.07 Å². The molecule has 1 aromatic heterocycles. The summed E-state index contributed by atoms with van der Waals surface area (Å²) in [5, 5.41) is 5.73. The topological polar surface area (TPSA) is 48.6 Å². The van der Waals surface area contributed by atoms with E-state index < -0.39 is 0 Å². The first-order valence-electron chi connectivity index (χ1n) is 3.01. The molecule has 0 saturated carbocycles. The van der Waals surface area contributed by atoms with Gasteiger partial charge in [0, 0.05) is 5.56 Å². The van der Waals surface area contributed by atoms with E-state index in [-0.39, 0.29) is 0 Å². The molecule has 0 amide bonds. The summed E-state index contributed by atoms with van der Waals surface area (Å²) in [6.45, 7) is 0.